The SMILES string of the molecule is CC(C)NCC(=O)Nc1cccc(OCc2ccccc2)c1. The molecule has 116 valence electrons. The molecule has 0 spiro atoms. The summed E-state index contributed by atoms with van der Waals surface area (Å²) in [5.41, 5.74) is 1.85. The molecule has 1 amide bonds. The number of carbonyl (C=O) groups excluding carboxylic acids is 1. The van der Waals surface area contributed by atoms with E-state index in [9.17, 15) is 4.79 Å². The van der Waals surface area contributed by atoms with Crippen LogP contribution < -0.4 is 15.4 Å². The molecule has 0 saturated carbocycles. The van der Waals surface area contributed by atoms with Gasteiger partial charge in [-0.2, -0.15) is 0 Å². The highest BCUT2D eigenvalue weighted by Crippen LogP contribution is 2.18. The standard InChI is InChI=1S/C18H22N2O2/c1-14(2)19-12-18(21)20-16-9-6-10-17(11-16)22-13-15-7-4-3-5-8-15/h3-11,14,19H,12-13H2,1-2H3,(H,20,21). The molecule has 4 heteroatoms. The molecule has 0 aliphatic carbocycles. The summed E-state index contributed by atoms with van der Waals surface area (Å²) in [6.45, 7) is 4.82. The second kappa shape index (κ2) is 8.20. The molecule has 0 aliphatic heterocycles. The van der Waals surface area contributed by atoms with Gasteiger partial charge in [0.25, 0.3) is 0 Å². The van der Waals surface area contributed by atoms with E-state index in [0.29, 0.717) is 13.2 Å². The summed E-state index contributed by atoms with van der Waals surface area (Å²) in [6.07, 6.45) is 0. The normalized spacial score (nSPS) is 10.5. The van der Waals surface area contributed by atoms with Crippen LogP contribution in [0, 0.1) is 0 Å². The zero-order chi connectivity index (χ0) is 15.8. The lowest BCUT2D eigenvalue weighted by Crippen LogP contribution is -2.32. The van der Waals surface area contributed by atoms with E-state index in [-0.39, 0.29) is 11.9 Å². The Morgan fingerprint density at radius 2 is 1.86 bits per heavy atom. The average Bonchev–Trinajstić information content (AvgIpc) is 2.52. The fourth-order valence-corrected chi connectivity index (χ4v) is 1.91. The summed E-state index contributed by atoms with van der Waals surface area (Å²) in [4.78, 5) is 11.8. The van der Waals surface area contributed by atoms with E-state index in [4.69, 9.17) is 4.74 Å². The third-order valence-corrected chi connectivity index (χ3v) is 3.04. The van der Waals surface area contributed by atoms with E-state index in [1.54, 1.807) is 0 Å². The lowest BCUT2D eigenvalue weighted by Gasteiger charge is -2.11. The van der Waals surface area contributed by atoms with Crippen LogP contribution in [0.25, 0.3) is 0 Å². The van der Waals surface area contributed by atoms with Gasteiger partial charge in [-0.25, -0.2) is 0 Å². The van der Waals surface area contributed by atoms with Crippen LogP contribution in [0.3, 0.4) is 0 Å². The minimum Gasteiger partial charge on any atom is -0.489 e. The first-order valence-electron chi connectivity index (χ1n) is 7.43. The van der Waals surface area contributed by atoms with E-state index in [0.717, 1.165) is 17.0 Å². The maximum atomic E-state index is 11.8. The van der Waals surface area contributed by atoms with Gasteiger partial charge in [0.1, 0.15) is 12.4 Å². The van der Waals surface area contributed by atoms with Gasteiger partial charge >= 0.3 is 0 Å². The van der Waals surface area contributed by atoms with Gasteiger partial charge in [0.2, 0.25) is 5.91 Å². The summed E-state index contributed by atoms with van der Waals surface area (Å²) >= 11 is 0. The van der Waals surface area contributed by atoms with Gasteiger partial charge in [-0.15, -0.1) is 0 Å². The predicted octanol–water partition coefficient (Wildman–Crippen LogP) is 3.20. The topological polar surface area (TPSA) is 50.4 Å². The van der Waals surface area contributed by atoms with Gasteiger partial charge in [-0.05, 0) is 17.7 Å². The highest BCUT2D eigenvalue weighted by Gasteiger charge is 2.04. The van der Waals surface area contributed by atoms with Crippen molar-refractivity contribution in [3.8, 4) is 5.75 Å². The highest BCUT2D eigenvalue weighted by molar-refractivity contribution is 5.92. The van der Waals surface area contributed by atoms with Crippen molar-refractivity contribution in [1.82, 2.24) is 5.32 Å². The number of nitrogens with one attached hydrogen (secondary N) is 2. The Bertz CT molecular complexity index is 597. The molecular formula is C18H22N2O2. The van der Waals surface area contributed by atoms with Gasteiger partial charge in [-0.1, -0.05) is 50.2 Å². The van der Waals surface area contributed by atoms with Crippen molar-refractivity contribution >= 4 is 11.6 Å². The zero-order valence-corrected chi connectivity index (χ0v) is 13.0. The Balaban J connectivity index is 1.88. The maximum Gasteiger partial charge on any atom is 0.238 e. The Labute approximate surface area is 131 Å². The minimum absolute atomic E-state index is 0.0612. The van der Waals surface area contributed by atoms with Crippen LogP contribution >= 0.6 is 0 Å². The first-order chi connectivity index (χ1) is 10.6. The third kappa shape index (κ3) is 5.58. The number of ether oxygens (including phenoxy) is 1. The highest BCUT2D eigenvalue weighted by atomic mass is 16.5. The molecule has 0 heterocycles. The van der Waals surface area contributed by atoms with Crippen molar-refractivity contribution in [3.05, 3.63) is 60.2 Å². The van der Waals surface area contributed by atoms with Crippen LogP contribution in [0.15, 0.2) is 54.6 Å². The van der Waals surface area contributed by atoms with Crippen molar-refractivity contribution in [2.24, 2.45) is 0 Å². The van der Waals surface area contributed by atoms with Crippen molar-refractivity contribution in [2.75, 3.05) is 11.9 Å². The Hall–Kier alpha value is -2.33. The van der Waals surface area contributed by atoms with Gasteiger partial charge in [0.05, 0.1) is 6.54 Å². The summed E-state index contributed by atoms with van der Waals surface area (Å²) in [6, 6.07) is 17.7. The minimum atomic E-state index is -0.0612. The summed E-state index contributed by atoms with van der Waals surface area (Å²) in [7, 11) is 0. The lowest BCUT2D eigenvalue weighted by atomic mass is 10.2. The first-order valence-corrected chi connectivity index (χ1v) is 7.43. The maximum absolute atomic E-state index is 11.8. The molecular weight excluding hydrogens is 276 g/mol. The summed E-state index contributed by atoms with van der Waals surface area (Å²) in [5.74, 6) is 0.674. The average molecular weight is 298 g/mol. The Morgan fingerprint density at radius 1 is 1.09 bits per heavy atom. The van der Waals surface area contributed by atoms with E-state index in [2.05, 4.69) is 10.6 Å². The molecule has 0 unspecified atom stereocenters. The van der Waals surface area contributed by atoms with Crippen molar-refractivity contribution in [3.63, 3.8) is 0 Å². The fraction of sp³-hybridized carbons (Fsp3) is 0.278. The molecule has 0 fully saturated rings. The molecule has 4 nitrogen and oxygen atoms in total. The van der Waals surface area contributed by atoms with Crippen molar-refractivity contribution < 1.29 is 9.53 Å². The molecule has 2 aromatic carbocycles. The zero-order valence-electron chi connectivity index (χ0n) is 13.0. The van der Waals surface area contributed by atoms with Gasteiger partial charge in [0, 0.05) is 17.8 Å². The third-order valence-electron chi connectivity index (χ3n) is 3.04. The molecule has 2 rings (SSSR count). The van der Waals surface area contributed by atoms with Crippen LogP contribution in [0.4, 0.5) is 5.69 Å². The van der Waals surface area contributed by atoms with Gasteiger partial charge < -0.3 is 15.4 Å². The van der Waals surface area contributed by atoms with Crippen LogP contribution in [0.1, 0.15) is 19.4 Å². The van der Waals surface area contributed by atoms with E-state index in [1.165, 1.54) is 0 Å². The van der Waals surface area contributed by atoms with E-state index in [1.807, 2.05) is 68.4 Å². The van der Waals surface area contributed by atoms with E-state index >= 15 is 0 Å². The molecule has 0 atom stereocenters. The molecule has 0 aromatic heterocycles. The fourth-order valence-electron chi connectivity index (χ4n) is 1.91. The second-order valence-corrected chi connectivity index (χ2v) is 5.39. The summed E-state index contributed by atoms with van der Waals surface area (Å²) in [5, 5.41) is 5.94. The van der Waals surface area contributed by atoms with Crippen LogP contribution in [0.5, 0.6) is 5.75 Å². The van der Waals surface area contributed by atoms with Crippen molar-refractivity contribution in [1.29, 1.82) is 0 Å². The largest absolute Gasteiger partial charge is 0.489 e. The monoisotopic (exact) mass is 298 g/mol. The van der Waals surface area contributed by atoms with Crippen LogP contribution in [-0.2, 0) is 11.4 Å². The second-order valence-electron chi connectivity index (χ2n) is 5.39. The van der Waals surface area contributed by atoms with Crippen LogP contribution in [0.2, 0.25) is 0 Å². The Kier molecular flexibility index (Phi) is 5.98. The van der Waals surface area contributed by atoms with Gasteiger partial charge in [-0.3, -0.25) is 4.79 Å². The quantitative estimate of drug-likeness (QED) is 0.825. The number of amides is 1. The molecule has 22 heavy (non-hydrogen) atoms. The number of hydrogen-bond acceptors (Lipinski definition) is 3. The molecule has 0 aliphatic rings. The smallest absolute Gasteiger partial charge is 0.238 e. The predicted molar refractivity (Wildman–Crippen MR) is 89.0 cm³/mol. The van der Waals surface area contributed by atoms with E-state index < -0.39 is 0 Å². The molecule has 2 N–H and O–H groups in total. The molecule has 0 radical (unpaired) electrons. The molecule has 0 saturated heterocycles. The summed E-state index contributed by atoms with van der Waals surface area (Å²) < 4.78 is 5.75. The number of benzene rings is 2. The lowest BCUT2D eigenvalue weighted by molar-refractivity contribution is -0.115. The molecule has 2 aromatic rings. The molecule has 0 bridgehead atoms. The number of anilines is 1. The number of rotatable bonds is 7. The first kappa shape index (κ1) is 16.0. The Morgan fingerprint density at radius 3 is 2.59 bits per heavy atom. The van der Waals surface area contributed by atoms with Crippen molar-refractivity contribution in [2.45, 2.75) is 26.5 Å². The number of hydrogen-bond donors (Lipinski definition) is 2. The number of carbonyl (C=O) groups is 1. The van der Waals surface area contributed by atoms with Gasteiger partial charge in [0.15, 0.2) is 0 Å². The van der Waals surface area contributed by atoms with Crippen LogP contribution in [-0.4, -0.2) is 18.5 Å².